The van der Waals surface area contributed by atoms with Crippen LogP contribution in [0.3, 0.4) is 0 Å². The van der Waals surface area contributed by atoms with E-state index in [9.17, 15) is 15.0 Å². The molecule has 6 nitrogen and oxygen atoms in total. The zero-order chi connectivity index (χ0) is 31.1. The number of hydrogen-bond donors (Lipinski definition) is 3. The number of carbonyl (C=O) groups is 1. The number of fused-ring (bicyclic) bond motifs is 7. The molecule has 0 spiro atoms. The van der Waals surface area contributed by atoms with Gasteiger partial charge in [-0.25, -0.2) is 4.39 Å². The molecule has 4 N–H and O–H groups in total. The van der Waals surface area contributed by atoms with Gasteiger partial charge in [0, 0.05) is 28.0 Å². The summed E-state index contributed by atoms with van der Waals surface area (Å²) >= 11 is 0. The molecule has 1 heterocycles. The fourth-order valence-electron chi connectivity index (χ4n) is 9.42. The van der Waals surface area contributed by atoms with Gasteiger partial charge in [-0.3, -0.25) is 4.79 Å². The van der Waals surface area contributed by atoms with E-state index in [1.54, 1.807) is 0 Å². The second-order valence-corrected chi connectivity index (χ2v) is 13.7. The van der Waals surface area contributed by atoms with Crippen LogP contribution in [0.15, 0.2) is 84.5 Å². The number of hydrogen-bond acceptors (Lipinski definition) is 6. The molecule has 0 radical (unpaired) electrons. The molecule has 7 heteroatoms. The van der Waals surface area contributed by atoms with Crippen LogP contribution in [0.25, 0.3) is 12.2 Å². The summed E-state index contributed by atoms with van der Waals surface area (Å²) in [6, 6.07) is 15.3. The van der Waals surface area contributed by atoms with Gasteiger partial charge in [-0.15, -0.1) is 0 Å². The molecule has 44 heavy (non-hydrogen) atoms. The monoisotopic (exact) mass is 597 g/mol. The molecule has 5 aliphatic rings. The molecule has 3 saturated carbocycles. The maximum atomic E-state index is 17.6. The molecule has 7 rings (SSSR count). The smallest absolute Gasteiger partial charge is 0.193 e. The first kappa shape index (κ1) is 29.4. The van der Waals surface area contributed by atoms with Crippen molar-refractivity contribution in [3.63, 3.8) is 0 Å². The lowest BCUT2D eigenvalue weighted by molar-refractivity contribution is -0.231. The third-order valence-corrected chi connectivity index (χ3v) is 11.6. The largest absolute Gasteiger partial charge is 0.399 e. The fourth-order valence-corrected chi connectivity index (χ4v) is 9.42. The Morgan fingerprint density at radius 2 is 1.89 bits per heavy atom. The van der Waals surface area contributed by atoms with Crippen molar-refractivity contribution >= 4 is 23.6 Å². The number of anilines is 1. The molecule has 0 unspecified atom stereocenters. The number of nitrogen functional groups attached to an aromatic ring is 1. The summed E-state index contributed by atoms with van der Waals surface area (Å²) < 4.78 is 30.8. The Labute approximate surface area is 257 Å². The van der Waals surface area contributed by atoms with E-state index in [1.807, 2.05) is 92.8 Å². The average Bonchev–Trinajstić information content (AvgIpc) is 3.50. The second kappa shape index (κ2) is 10.1. The Bertz CT molecular complexity index is 1610. The zero-order valence-corrected chi connectivity index (χ0v) is 25.2. The number of nitrogens with two attached hydrogens (primary N) is 1. The van der Waals surface area contributed by atoms with Gasteiger partial charge in [0.1, 0.15) is 6.61 Å². The minimum absolute atomic E-state index is 0.0222. The number of aliphatic hydroxyl groups is 2. The summed E-state index contributed by atoms with van der Waals surface area (Å²) in [5, 5.41) is 22.0. The summed E-state index contributed by atoms with van der Waals surface area (Å²) in [7, 11) is 0. The summed E-state index contributed by atoms with van der Waals surface area (Å²) in [6.45, 7) is 7.11. The molecule has 0 bridgehead atoms. The highest BCUT2D eigenvalue weighted by molar-refractivity contribution is 5.91. The third-order valence-electron chi connectivity index (χ3n) is 11.6. The highest BCUT2D eigenvalue weighted by Crippen LogP contribution is 2.72. The Hall–Kier alpha value is -3.36. The number of ketones is 1. The van der Waals surface area contributed by atoms with E-state index in [0.29, 0.717) is 24.9 Å². The fraction of sp³-hybridized carbons (Fsp3) is 0.432. The van der Waals surface area contributed by atoms with Gasteiger partial charge < -0.3 is 25.4 Å². The maximum absolute atomic E-state index is 17.6. The van der Waals surface area contributed by atoms with E-state index in [0.717, 1.165) is 27.8 Å². The summed E-state index contributed by atoms with van der Waals surface area (Å²) in [5.74, 6) is -1.28. The van der Waals surface area contributed by atoms with Crippen molar-refractivity contribution in [2.24, 2.45) is 22.7 Å². The summed E-state index contributed by atoms with van der Waals surface area (Å²) in [4.78, 5) is 13.7. The number of benzene rings is 2. The molecule has 0 amide bonds. The van der Waals surface area contributed by atoms with Gasteiger partial charge in [0.05, 0.1) is 12.2 Å². The molecule has 230 valence electrons. The third kappa shape index (κ3) is 3.89. The van der Waals surface area contributed by atoms with Gasteiger partial charge in [0.2, 0.25) is 0 Å². The first-order valence-corrected chi connectivity index (χ1v) is 15.5. The van der Waals surface area contributed by atoms with Gasteiger partial charge in [0.15, 0.2) is 23.3 Å². The van der Waals surface area contributed by atoms with Crippen LogP contribution in [-0.4, -0.2) is 46.1 Å². The maximum Gasteiger partial charge on any atom is 0.193 e. The van der Waals surface area contributed by atoms with Gasteiger partial charge in [-0.1, -0.05) is 85.9 Å². The van der Waals surface area contributed by atoms with Crippen molar-refractivity contribution in [2.75, 3.05) is 12.3 Å². The number of allylic oxidation sites excluding steroid dienone is 5. The Balaban J connectivity index is 1.19. The van der Waals surface area contributed by atoms with E-state index in [4.69, 9.17) is 15.2 Å². The molecule has 0 aromatic heterocycles. The standard InChI is InChI=1S/C37H40FNO5/c1-22-15-16-34(2)26(17-22)13-14-28-29-19-32-37(31(42)21-40,35(29,3)20-30(41)36(28,34)38)44-33(43-32)25-11-9-23(10-12-25)7-8-24-5-4-6-27(39)18-24/h4-12,15-18,28-30,32-33,40-41H,1,13-14,19-21,39H2,2-3H3/b8-7+/t28-,29-,30-,32+,33+,34-,35-,36-,37+/m0/s1. The van der Waals surface area contributed by atoms with E-state index < -0.39 is 58.9 Å². The zero-order valence-electron chi connectivity index (χ0n) is 25.2. The Kier molecular flexibility index (Phi) is 6.72. The van der Waals surface area contributed by atoms with Crippen LogP contribution >= 0.6 is 0 Å². The molecule has 1 aliphatic heterocycles. The number of Topliss-reactive ketones (excluding diaryl/α,β-unsaturated/α-hetero) is 1. The van der Waals surface area contributed by atoms with E-state index in [-0.39, 0.29) is 12.3 Å². The van der Waals surface area contributed by atoms with Crippen LogP contribution in [0, 0.1) is 22.7 Å². The first-order valence-electron chi connectivity index (χ1n) is 15.5. The molecule has 4 fully saturated rings. The van der Waals surface area contributed by atoms with Crippen molar-refractivity contribution in [3.05, 3.63) is 101 Å². The topological polar surface area (TPSA) is 102 Å². The normalized spacial score (nSPS) is 40.7. The highest BCUT2D eigenvalue weighted by Gasteiger charge is 2.79. The predicted molar refractivity (Wildman–Crippen MR) is 168 cm³/mol. The van der Waals surface area contributed by atoms with Crippen LogP contribution in [0.2, 0.25) is 0 Å². The SMILES string of the molecule is C=C1C=C[C@@]2(C)C(=C1)CC[C@H]1[C@@H]3C[C@H]4O[C@@H](c5ccc(/C=C/c6cccc(N)c6)cc5)O[C@@]4(C(=O)CO)[C@@]3(C)C[C@H](O)[C@@]12F. The lowest BCUT2D eigenvalue weighted by Crippen LogP contribution is -2.69. The summed E-state index contributed by atoms with van der Waals surface area (Å²) in [5.41, 5.74) is 5.74. The van der Waals surface area contributed by atoms with Crippen molar-refractivity contribution in [1.29, 1.82) is 0 Å². The van der Waals surface area contributed by atoms with Gasteiger partial charge >= 0.3 is 0 Å². The van der Waals surface area contributed by atoms with Crippen molar-refractivity contribution < 1.29 is 28.9 Å². The van der Waals surface area contributed by atoms with Gasteiger partial charge in [0.25, 0.3) is 0 Å². The number of ether oxygens (including phenoxy) is 2. The first-order chi connectivity index (χ1) is 21.0. The second-order valence-electron chi connectivity index (χ2n) is 13.7. The minimum Gasteiger partial charge on any atom is -0.399 e. The minimum atomic E-state index is -1.92. The molecule has 2 aromatic rings. The van der Waals surface area contributed by atoms with Crippen molar-refractivity contribution in [3.8, 4) is 0 Å². The van der Waals surface area contributed by atoms with Crippen LogP contribution in [0.4, 0.5) is 10.1 Å². The predicted octanol–water partition coefficient (Wildman–Crippen LogP) is 6.12. The van der Waals surface area contributed by atoms with Gasteiger partial charge in [-0.05, 0) is 67.4 Å². The highest BCUT2D eigenvalue weighted by atomic mass is 19.1. The number of aliphatic hydroxyl groups excluding tert-OH is 2. The van der Waals surface area contributed by atoms with Crippen LogP contribution < -0.4 is 5.73 Å². The number of carbonyl (C=O) groups excluding carboxylic acids is 1. The van der Waals surface area contributed by atoms with E-state index in [2.05, 4.69) is 6.58 Å². The summed E-state index contributed by atoms with van der Waals surface area (Å²) in [6.07, 6.45) is 8.44. The lowest BCUT2D eigenvalue weighted by Gasteiger charge is -2.62. The molecule has 2 aromatic carbocycles. The van der Waals surface area contributed by atoms with Crippen LogP contribution in [0.1, 0.15) is 62.5 Å². The van der Waals surface area contributed by atoms with E-state index in [1.165, 1.54) is 0 Å². The molecule has 9 atom stereocenters. The molecular weight excluding hydrogens is 557 g/mol. The Morgan fingerprint density at radius 1 is 1.14 bits per heavy atom. The van der Waals surface area contributed by atoms with Crippen LogP contribution in [-0.2, 0) is 14.3 Å². The van der Waals surface area contributed by atoms with Gasteiger partial charge in [-0.2, -0.15) is 0 Å². The molecule has 4 aliphatic carbocycles. The Morgan fingerprint density at radius 3 is 2.61 bits per heavy atom. The van der Waals surface area contributed by atoms with Crippen molar-refractivity contribution in [1.82, 2.24) is 0 Å². The van der Waals surface area contributed by atoms with E-state index >= 15 is 4.39 Å². The lowest BCUT2D eigenvalue weighted by atomic mass is 9.44. The number of alkyl halides is 1. The number of rotatable bonds is 5. The van der Waals surface area contributed by atoms with Crippen molar-refractivity contribution in [2.45, 2.75) is 69.3 Å². The quantitative estimate of drug-likeness (QED) is 0.284. The number of halogens is 1. The molecular formula is C37H40FNO5. The molecule has 1 saturated heterocycles. The van der Waals surface area contributed by atoms with Crippen LogP contribution in [0.5, 0.6) is 0 Å². The average molecular weight is 598 g/mol.